The van der Waals surface area contributed by atoms with Crippen molar-refractivity contribution in [3.8, 4) is 0 Å². The maximum Gasteiger partial charge on any atom is 0.112 e. The van der Waals surface area contributed by atoms with Crippen LogP contribution in [0.15, 0.2) is 29.9 Å². The number of aromatic amines is 1. The second kappa shape index (κ2) is 5.03. The average molecular weight is 176 g/mol. The Labute approximate surface area is 77.1 Å². The van der Waals surface area contributed by atoms with E-state index in [1.165, 1.54) is 0 Å². The molecule has 0 atom stereocenters. The van der Waals surface area contributed by atoms with Gasteiger partial charge in [0.15, 0.2) is 0 Å². The van der Waals surface area contributed by atoms with Crippen LogP contribution in [0.4, 0.5) is 0 Å². The molecule has 13 heavy (non-hydrogen) atoms. The van der Waals surface area contributed by atoms with Gasteiger partial charge in [-0.3, -0.25) is 4.99 Å². The summed E-state index contributed by atoms with van der Waals surface area (Å²) in [6, 6.07) is 0. The summed E-state index contributed by atoms with van der Waals surface area (Å²) >= 11 is 0. The Morgan fingerprint density at radius 2 is 2.62 bits per heavy atom. The molecule has 0 aromatic carbocycles. The fourth-order valence-electron chi connectivity index (χ4n) is 0.837. The number of allylic oxidation sites excluding steroid dienone is 3. The van der Waals surface area contributed by atoms with Gasteiger partial charge in [0.2, 0.25) is 0 Å². The maximum atomic E-state index is 4.06. The summed E-state index contributed by atoms with van der Waals surface area (Å²) in [4.78, 5) is 4.06. The fraction of sp³-hybridized carbons (Fsp3) is 0.222. The largest absolute Gasteiger partial charge is 0.293 e. The highest BCUT2D eigenvalue weighted by Crippen LogP contribution is 2.08. The van der Waals surface area contributed by atoms with Crippen LogP contribution in [0.2, 0.25) is 0 Å². The van der Waals surface area contributed by atoms with E-state index in [2.05, 4.69) is 27.0 Å². The predicted octanol–water partition coefficient (Wildman–Crippen LogP) is 1.46. The summed E-state index contributed by atoms with van der Waals surface area (Å²) in [6.07, 6.45) is 6.97. The molecule has 4 heteroatoms. The molecule has 1 N–H and O–H groups in total. The molecule has 0 aliphatic rings. The summed E-state index contributed by atoms with van der Waals surface area (Å²) in [5.41, 5.74) is 1.68. The van der Waals surface area contributed by atoms with Crippen LogP contribution in [0.1, 0.15) is 12.6 Å². The number of H-pyrrole nitrogens is 1. The van der Waals surface area contributed by atoms with Gasteiger partial charge >= 0.3 is 0 Å². The molecule has 0 aliphatic heterocycles. The molecule has 68 valence electrons. The first-order valence-electron chi connectivity index (χ1n) is 4.07. The fourth-order valence-corrected chi connectivity index (χ4v) is 0.837. The van der Waals surface area contributed by atoms with Gasteiger partial charge < -0.3 is 0 Å². The summed E-state index contributed by atoms with van der Waals surface area (Å²) in [5.74, 6) is 0. The highest BCUT2D eigenvalue weighted by Gasteiger charge is 1.97. The van der Waals surface area contributed by atoms with Gasteiger partial charge in [-0.1, -0.05) is 12.7 Å². The minimum absolute atomic E-state index is 0.776. The lowest BCUT2D eigenvalue weighted by atomic mass is 10.2. The first kappa shape index (κ1) is 9.38. The molecule has 0 spiro atoms. The molecule has 0 saturated carbocycles. The second-order valence-corrected chi connectivity index (χ2v) is 2.33. The molecule has 0 saturated heterocycles. The molecule has 1 aromatic rings. The highest BCUT2D eigenvalue weighted by molar-refractivity contribution is 5.87. The van der Waals surface area contributed by atoms with Crippen molar-refractivity contribution in [2.75, 3.05) is 6.54 Å². The molecule has 1 aromatic heterocycles. The Kier molecular flexibility index (Phi) is 3.63. The van der Waals surface area contributed by atoms with Crippen LogP contribution in [0.3, 0.4) is 0 Å². The van der Waals surface area contributed by atoms with E-state index >= 15 is 0 Å². The van der Waals surface area contributed by atoms with Crippen molar-refractivity contribution in [1.82, 2.24) is 15.4 Å². The molecule has 0 radical (unpaired) electrons. The molecule has 0 aliphatic carbocycles. The van der Waals surface area contributed by atoms with E-state index in [1.807, 2.05) is 13.0 Å². The topological polar surface area (TPSA) is 53.9 Å². The van der Waals surface area contributed by atoms with E-state index < -0.39 is 0 Å². The zero-order chi connectivity index (χ0) is 9.52. The van der Waals surface area contributed by atoms with Crippen LogP contribution in [0.25, 0.3) is 5.57 Å². The van der Waals surface area contributed by atoms with Crippen LogP contribution in [0, 0.1) is 0 Å². The van der Waals surface area contributed by atoms with Gasteiger partial charge in [-0.05, 0) is 13.0 Å². The molecule has 0 fully saturated rings. The van der Waals surface area contributed by atoms with Crippen molar-refractivity contribution in [3.63, 3.8) is 0 Å². The minimum Gasteiger partial charge on any atom is -0.293 e. The van der Waals surface area contributed by atoms with Gasteiger partial charge in [-0.25, -0.2) is 0 Å². The van der Waals surface area contributed by atoms with Crippen molar-refractivity contribution in [1.29, 1.82) is 0 Å². The lowest BCUT2D eigenvalue weighted by Crippen LogP contribution is -1.82. The average Bonchev–Trinajstić information content (AvgIpc) is 2.65. The third kappa shape index (κ3) is 2.66. The summed E-state index contributed by atoms with van der Waals surface area (Å²) < 4.78 is 0. The van der Waals surface area contributed by atoms with Crippen LogP contribution in [-0.4, -0.2) is 28.2 Å². The van der Waals surface area contributed by atoms with Gasteiger partial charge in [0.25, 0.3) is 0 Å². The zero-order valence-electron chi connectivity index (χ0n) is 7.57. The van der Waals surface area contributed by atoms with Crippen LogP contribution in [-0.2, 0) is 0 Å². The Bertz CT molecular complexity index is 308. The number of aromatic nitrogens is 3. The van der Waals surface area contributed by atoms with Crippen molar-refractivity contribution in [3.05, 3.63) is 30.6 Å². The number of hydrogen-bond acceptors (Lipinski definition) is 3. The van der Waals surface area contributed by atoms with E-state index in [0.717, 1.165) is 17.8 Å². The predicted molar refractivity (Wildman–Crippen MR) is 53.6 cm³/mol. The van der Waals surface area contributed by atoms with E-state index in [1.54, 1.807) is 18.5 Å². The summed E-state index contributed by atoms with van der Waals surface area (Å²) in [5, 5.41) is 10.2. The zero-order valence-corrected chi connectivity index (χ0v) is 7.57. The van der Waals surface area contributed by atoms with E-state index in [0.29, 0.717) is 0 Å². The number of aliphatic imine (C=N–C) groups is 1. The van der Waals surface area contributed by atoms with Crippen LogP contribution in [0.5, 0.6) is 0 Å². The quantitative estimate of drug-likeness (QED) is 0.557. The maximum absolute atomic E-state index is 4.06. The van der Waals surface area contributed by atoms with Crippen molar-refractivity contribution >= 4 is 11.8 Å². The van der Waals surface area contributed by atoms with Gasteiger partial charge in [0, 0.05) is 18.3 Å². The summed E-state index contributed by atoms with van der Waals surface area (Å²) in [7, 11) is 0. The third-order valence-corrected chi connectivity index (χ3v) is 1.47. The molecular weight excluding hydrogens is 164 g/mol. The van der Waals surface area contributed by atoms with Crippen molar-refractivity contribution in [2.24, 2.45) is 4.99 Å². The molecule has 0 unspecified atom stereocenters. The number of rotatable bonds is 4. The van der Waals surface area contributed by atoms with Gasteiger partial charge in [0.1, 0.15) is 5.69 Å². The molecular formula is C9H12N4. The highest BCUT2D eigenvalue weighted by atomic mass is 15.3. The third-order valence-electron chi connectivity index (χ3n) is 1.47. The monoisotopic (exact) mass is 176 g/mol. The molecule has 1 rings (SSSR count). The first-order chi connectivity index (χ1) is 6.38. The lowest BCUT2D eigenvalue weighted by molar-refractivity contribution is 0.936. The smallest absolute Gasteiger partial charge is 0.112 e. The van der Waals surface area contributed by atoms with E-state index in [9.17, 15) is 0 Å². The Balaban J connectivity index is 2.79. The standard InChI is InChI=1S/C9H12N4/c1-3-8(5-6-10-4-2)9-7-11-13-12-9/h3,5-7H,1,4H2,2H3,(H,11,12,13)/b8-5+,10-6?. The van der Waals surface area contributed by atoms with Gasteiger partial charge in [-0.15, -0.1) is 0 Å². The van der Waals surface area contributed by atoms with Crippen molar-refractivity contribution < 1.29 is 0 Å². The first-order valence-corrected chi connectivity index (χ1v) is 4.07. The summed E-state index contributed by atoms with van der Waals surface area (Å²) in [6.45, 7) is 6.44. The van der Waals surface area contributed by atoms with Crippen molar-refractivity contribution in [2.45, 2.75) is 6.92 Å². The van der Waals surface area contributed by atoms with Crippen LogP contribution >= 0.6 is 0 Å². The Morgan fingerprint density at radius 1 is 1.77 bits per heavy atom. The number of nitrogens with one attached hydrogen (secondary N) is 1. The lowest BCUT2D eigenvalue weighted by Gasteiger charge is -1.91. The minimum atomic E-state index is 0.776. The van der Waals surface area contributed by atoms with E-state index in [4.69, 9.17) is 0 Å². The SMILES string of the molecule is C=C/C(=C\C=NCC)c1cn[nH]n1. The molecule has 1 heterocycles. The van der Waals surface area contributed by atoms with Crippen LogP contribution < -0.4 is 0 Å². The second-order valence-electron chi connectivity index (χ2n) is 2.33. The molecule has 4 nitrogen and oxygen atoms in total. The Hall–Kier alpha value is -1.71. The number of nitrogens with zero attached hydrogens (tertiary/aromatic N) is 3. The van der Waals surface area contributed by atoms with E-state index in [-0.39, 0.29) is 0 Å². The Morgan fingerprint density at radius 3 is 3.15 bits per heavy atom. The normalized spacial score (nSPS) is 12.2. The van der Waals surface area contributed by atoms with Gasteiger partial charge in [-0.2, -0.15) is 15.4 Å². The molecule has 0 bridgehead atoms. The number of hydrogen-bond donors (Lipinski definition) is 1. The molecule has 0 amide bonds. The van der Waals surface area contributed by atoms with Gasteiger partial charge in [0.05, 0.1) is 6.20 Å².